The lowest BCUT2D eigenvalue weighted by atomic mass is 9.90. The van der Waals surface area contributed by atoms with Crippen LogP contribution < -0.4 is 5.32 Å². The second kappa shape index (κ2) is 6.54. The number of likely N-dealkylation sites (tertiary alicyclic amines) is 1. The summed E-state index contributed by atoms with van der Waals surface area (Å²) < 4.78 is 0. The lowest BCUT2D eigenvalue weighted by Gasteiger charge is -2.40. The molecule has 0 radical (unpaired) electrons. The number of piperidine rings is 1. The third kappa shape index (κ3) is 3.43. The molecule has 1 saturated carbocycles. The topological polar surface area (TPSA) is 72.9 Å². The predicted octanol–water partition coefficient (Wildman–Crippen LogP) is 0.350. The first kappa shape index (κ1) is 17.2. The molecule has 2 amide bonds. The van der Waals surface area contributed by atoms with Gasteiger partial charge in [-0.15, -0.1) is 0 Å². The van der Waals surface area contributed by atoms with Gasteiger partial charge in [0, 0.05) is 25.6 Å². The van der Waals surface area contributed by atoms with Crippen LogP contribution in [0.4, 0.5) is 0 Å². The van der Waals surface area contributed by atoms with Gasteiger partial charge in [-0.05, 0) is 39.8 Å². The summed E-state index contributed by atoms with van der Waals surface area (Å²) >= 11 is 0. The Balaban J connectivity index is 1.97. The van der Waals surface area contributed by atoms with Crippen LogP contribution in [-0.2, 0) is 9.59 Å². The van der Waals surface area contributed by atoms with E-state index in [4.69, 9.17) is 0 Å². The molecule has 0 spiro atoms. The zero-order valence-corrected chi connectivity index (χ0v) is 14.0. The number of nitrogens with zero attached hydrogens (tertiary/aromatic N) is 2. The Kier molecular flexibility index (Phi) is 5.12. The third-order valence-electron chi connectivity index (χ3n) is 5.40. The number of hydrogen-bond donors (Lipinski definition) is 2. The molecule has 1 aliphatic heterocycles. The maximum absolute atomic E-state index is 12.5. The van der Waals surface area contributed by atoms with Crippen molar-refractivity contribution in [2.24, 2.45) is 0 Å². The number of aliphatic hydroxyl groups is 1. The van der Waals surface area contributed by atoms with Crippen molar-refractivity contribution in [3.8, 4) is 0 Å². The van der Waals surface area contributed by atoms with Crippen molar-refractivity contribution < 1.29 is 14.7 Å². The Labute approximate surface area is 132 Å². The van der Waals surface area contributed by atoms with Crippen LogP contribution >= 0.6 is 0 Å². The fraction of sp³-hybridized carbons (Fsp3) is 0.875. The highest BCUT2D eigenvalue weighted by Gasteiger charge is 2.43. The molecule has 0 bridgehead atoms. The number of carbonyl (C=O) groups excluding carboxylic acids is 2. The van der Waals surface area contributed by atoms with Crippen molar-refractivity contribution in [1.82, 2.24) is 15.1 Å². The molecule has 1 unspecified atom stereocenters. The summed E-state index contributed by atoms with van der Waals surface area (Å²) in [6, 6.07) is 0. The molecule has 22 heavy (non-hydrogen) atoms. The first-order valence-corrected chi connectivity index (χ1v) is 8.23. The van der Waals surface area contributed by atoms with E-state index in [1.165, 1.54) is 19.8 Å². The van der Waals surface area contributed by atoms with Crippen molar-refractivity contribution in [1.29, 1.82) is 0 Å². The summed E-state index contributed by atoms with van der Waals surface area (Å²) in [5, 5.41) is 13.6. The van der Waals surface area contributed by atoms with Crippen LogP contribution in [0.2, 0.25) is 0 Å². The Bertz CT molecular complexity index is 432. The molecule has 0 aromatic rings. The van der Waals surface area contributed by atoms with Gasteiger partial charge in [0.1, 0.15) is 0 Å². The first-order chi connectivity index (χ1) is 10.3. The van der Waals surface area contributed by atoms with E-state index in [-0.39, 0.29) is 23.9 Å². The number of rotatable bonds is 4. The van der Waals surface area contributed by atoms with Gasteiger partial charge in [-0.1, -0.05) is 12.8 Å². The molecular formula is C16H29N3O3. The van der Waals surface area contributed by atoms with Crippen LogP contribution in [0.5, 0.6) is 0 Å². The highest BCUT2D eigenvalue weighted by Crippen LogP contribution is 2.33. The average Bonchev–Trinajstić information content (AvgIpc) is 2.95. The van der Waals surface area contributed by atoms with Crippen LogP contribution in [-0.4, -0.2) is 71.6 Å². The van der Waals surface area contributed by atoms with Crippen molar-refractivity contribution in [2.75, 3.05) is 33.7 Å². The second-order valence-electron chi connectivity index (χ2n) is 7.08. The summed E-state index contributed by atoms with van der Waals surface area (Å²) in [5.41, 5.74) is -1.45. The van der Waals surface area contributed by atoms with E-state index in [0.29, 0.717) is 25.9 Å². The smallest absolute Gasteiger partial charge is 0.253 e. The van der Waals surface area contributed by atoms with E-state index in [0.717, 1.165) is 12.8 Å². The molecule has 1 saturated heterocycles. The minimum Gasteiger partial charge on any atom is -0.378 e. The average molecular weight is 311 g/mol. The van der Waals surface area contributed by atoms with E-state index < -0.39 is 5.60 Å². The third-order valence-corrected chi connectivity index (χ3v) is 5.40. The van der Waals surface area contributed by atoms with Gasteiger partial charge in [0.15, 0.2) is 5.60 Å². The predicted molar refractivity (Wildman–Crippen MR) is 84.3 cm³/mol. The van der Waals surface area contributed by atoms with Crippen LogP contribution in [0, 0.1) is 0 Å². The lowest BCUT2D eigenvalue weighted by Crippen LogP contribution is -2.60. The van der Waals surface area contributed by atoms with Gasteiger partial charge < -0.3 is 20.2 Å². The number of nitrogens with one attached hydrogen (secondary N) is 1. The molecule has 126 valence electrons. The zero-order valence-electron chi connectivity index (χ0n) is 14.0. The highest BCUT2D eigenvalue weighted by atomic mass is 16.3. The number of amides is 2. The normalized spacial score (nSPS) is 28.0. The van der Waals surface area contributed by atoms with Crippen LogP contribution in [0.25, 0.3) is 0 Å². The fourth-order valence-corrected chi connectivity index (χ4v) is 3.71. The molecule has 1 atom stereocenters. The summed E-state index contributed by atoms with van der Waals surface area (Å²) in [7, 11) is 4.09. The molecule has 6 nitrogen and oxygen atoms in total. The van der Waals surface area contributed by atoms with Crippen LogP contribution in [0.3, 0.4) is 0 Å². The van der Waals surface area contributed by atoms with Crippen LogP contribution in [0.15, 0.2) is 0 Å². The fourth-order valence-electron chi connectivity index (χ4n) is 3.71. The van der Waals surface area contributed by atoms with Crippen molar-refractivity contribution in [2.45, 2.75) is 56.6 Å². The molecule has 1 heterocycles. The van der Waals surface area contributed by atoms with Crippen molar-refractivity contribution in [3.63, 3.8) is 0 Å². The summed E-state index contributed by atoms with van der Waals surface area (Å²) in [6.07, 6.45) is 5.56. The first-order valence-electron chi connectivity index (χ1n) is 8.23. The van der Waals surface area contributed by atoms with Gasteiger partial charge in [0.05, 0.1) is 6.54 Å². The molecule has 6 heteroatoms. The van der Waals surface area contributed by atoms with E-state index >= 15 is 0 Å². The Morgan fingerprint density at radius 1 is 1.18 bits per heavy atom. The van der Waals surface area contributed by atoms with Gasteiger partial charge >= 0.3 is 0 Å². The molecule has 2 N–H and O–H groups in total. The Hall–Kier alpha value is -1.14. The van der Waals surface area contributed by atoms with Gasteiger partial charge in [-0.3, -0.25) is 9.59 Å². The van der Waals surface area contributed by atoms with Gasteiger partial charge in [-0.2, -0.15) is 0 Å². The number of carbonyl (C=O) groups is 2. The molecule has 2 rings (SSSR count). The SMILES string of the molecule is CC(=O)N1CCCC(O)(C(=O)NCC2(N(C)C)CCCC2)C1. The maximum atomic E-state index is 12.5. The van der Waals surface area contributed by atoms with Crippen molar-refractivity contribution >= 4 is 11.8 Å². The summed E-state index contributed by atoms with van der Waals surface area (Å²) in [6.45, 7) is 2.75. The molecule has 2 aliphatic rings. The minimum absolute atomic E-state index is 0.000942. The monoisotopic (exact) mass is 311 g/mol. The van der Waals surface area contributed by atoms with E-state index in [1.54, 1.807) is 4.90 Å². The van der Waals surface area contributed by atoms with Gasteiger partial charge in [-0.25, -0.2) is 0 Å². The van der Waals surface area contributed by atoms with Gasteiger partial charge in [0.2, 0.25) is 5.91 Å². The van der Waals surface area contributed by atoms with E-state index in [1.807, 2.05) is 14.1 Å². The second-order valence-corrected chi connectivity index (χ2v) is 7.08. The zero-order chi connectivity index (χ0) is 16.4. The Morgan fingerprint density at radius 2 is 1.82 bits per heavy atom. The molecule has 1 aliphatic carbocycles. The van der Waals surface area contributed by atoms with E-state index in [2.05, 4.69) is 10.2 Å². The molecule has 2 fully saturated rings. The largest absolute Gasteiger partial charge is 0.378 e. The number of β-amino-alcohol motifs (C(OH)–C–C–N with tert-alkyl or cyclic N) is 1. The summed E-state index contributed by atoms with van der Waals surface area (Å²) in [4.78, 5) is 27.7. The Morgan fingerprint density at radius 3 is 2.36 bits per heavy atom. The lowest BCUT2D eigenvalue weighted by molar-refractivity contribution is -0.151. The standard InChI is InChI=1S/C16H29N3O3/c1-13(20)19-10-6-9-16(22,12-19)14(21)17-11-15(18(2)3)7-4-5-8-15/h22H,4-12H2,1-3H3,(H,17,21). The molecule has 0 aromatic heterocycles. The number of hydrogen-bond acceptors (Lipinski definition) is 4. The molecule has 0 aromatic carbocycles. The van der Waals surface area contributed by atoms with Crippen LogP contribution in [0.1, 0.15) is 45.4 Å². The summed E-state index contributed by atoms with van der Waals surface area (Å²) in [5.74, 6) is -0.432. The molecular weight excluding hydrogens is 282 g/mol. The highest BCUT2D eigenvalue weighted by molar-refractivity contribution is 5.86. The minimum atomic E-state index is -1.45. The quantitative estimate of drug-likeness (QED) is 0.786. The van der Waals surface area contributed by atoms with Gasteiger partial charge in [0.25, 0.3) is 5.91 Å². The maximum Gasteiger partial charge on any atom is 0.253 e. The number of likely N-dealkylation sites (N-methyl/N-ethyl adjacent to an activating group) is 1. The van der Waals surface area contributed by atoms with E-state index in [9.17, 15) is 14.7 Å². The van der Waals surface area contributed by atoms with Crippen molar-refractivity contribution in [3.05, 3.63) is 0 Å².